The molecule has 0 aliphatic carbocycles. The van der Waals surface area contributed by atoms with Crippen LogP contribution < -0.4 is 14.9 Å². The van der Waals surface area contributed by atoms with E-state index in [2.05, 4.69) is 29.4 Å². The lowest BCUT2D eigenvalue weighted by atomic mass is 10.1. The van der Waals surface area contributed by atoms with Gasteiger partial charge >= 0.3 is 0 Å². The van der Waals surface area contributed by atoms with Gasteiger partial charge in [0.15, 0.2) is 11.5 Å². The highest BCUT2D eigenvalue weighted by Gasteiger charge is 2.06. The van der Waals surface area contributed by atoms with E-state index in [1.54, 1.807) is 24.7 Å². The summed E-state index contributed by atoms with van der Waals surface area (Å²) >= 11 is 1.57. The van der Waals surface area contributed by atoms with Crippen molar-refractivity contribution >= 4 is 32.9 Å². The van der Waals surface area contributed by atoms with E-state index in [0.717, 1.165) is 33.1 Å². The molecular formula is C20H23N3O2S. The van der Waals surface area contributed by atoms with Gasteiger partial charge in [-0.2, -0.15) is 5.10 Å². The fourth-order valence-electron chi connectivity index (χ4n) is 2.37. The van der Waals surface area contributed by atoms with Crippen LogP contribution in [-0.2, 0) is 0 Å². The summed E-state index contributed by atoms with van der Waals surface area (Å²) in [5, 5.41) is 5.04. The minimum absolute atomic E-state index is 0.612. The SMILES string of the molecule is COc1cc(/C=N\Nc2nc3ccccc3s2)ccc1OCCC(C)C. The van der Waals surface area contributed by atoms with Crippen LogP contribution in [0.2, 0.25) is 0 Å². The third-order valence-electron chi connectivity index (χ3n) is 3.81. The fraction of sp³-hybridized carbons (Fsp3) is 0.300. The fourth-order valence-corrected chi connectivity index (χ4v) is 3.19. The van der Waals surface area contributed by atoms with Gasteiger partial charge in [0.05, 0.1) is 30.1 Å². The van der Waals surface area contributed by atoms with Crippen molar-refractivity contribution in [2.75, 3.05) is 19.1 Å². The lowest BCUT2D eigenvalue weighted by Crippen LogP contribution is -2.03. The summed E-state index contributed by atoms with van der Waals surface area (Å²) in [6.07, 6.45) is 2.75. The standard InChI is InChI=1S/C20H23N3O2S/c1-14(2)10-11-25-17-9-8-15(12-18(17)24-3)13-21-23-20-22-16-6-4-5-7-19(16)26-20/h4-9,12-14H,10-11H2,1-3H3,(H,22,23)/b21-13-. The second kappa shape index (κ2) is 8.67. The molecule has 5 nitrogen and oxygen atoms in total. The maximum absolute atomic E-state index is 5.81. The minimum Gasteiger partial charge on any atom is -0.493 e. The molecule has 1 N–H and O–H groups in total. The molecule has 0 atom stereocenters. The van der Waals surface area contributed by atoms with Gasteiger partial charge in [-0.1, -0.05) is 37.3 Å². The monoisotopic (exact) mass is 369 g/mol. The number of rotatable bonds is 8. The first-order valence-electron chi connectivity index (χ1n) is 8.61. The molecule has 0 bridgehead atoms. The van der Waals surface area contributed by atoms with Crippen LogP contribution in [0.3, 0.4) is 0 Å². The van der Waals surface area contributed by atoms with E-state index in [9.17, 15) is 0 Å². The summed E-state index contributed by atoms with van der Waals surface area (Å²) in [5.74, 6) is 2.07. The van der Waals surface area contributed by atoms with Crippen molar-refractivity contribution < 1.29 is 9.47 Å². The lowest BCUT2D eigenvalue weighted by Gasteiger charge is -2.12. The molecule has 6 heteroatoms. The molecule has 0 radical (unpaired) electrons. The number of hydrogen-bond donors (Lipinski definition) is 1. The highest BCUT2D eigenvalue weighted by molar-refractivity contribution is 7.22. The Balaban J connectivity index is 1.64. The van der Waals surface area contributed by atoms with Crippen molar-refractivity contribution in [3.8, 4) is 11.5 Å². The van der Waals surface area contributed by atoms with Crippen LogP contribution in [-0.4, -0.2) is 24.9 Å². The van der Waals surface area contributed by atoms with Crippen molar-refractivity contribution in [1.82, 2.24) is 4.98 Å². The molecule has 3 rings (SSSR count). The predicted octanol–water partition coefficient (Wildman–Crippen LogP) is 5.18. The number of benzene rings is 2. The highest BCUT2D eigenvalue weighted by Crippen LogP contribution is 2.28. The Morgan fingerprint density at radius 3 is 2.81 bits per heavy atom. The van der Waals surface area contributed by atoms with E-state index in [-0.39, 0.29) is 0 Å². The number of anilines is 1. The van der Waals surface area contributed by atoms with Crippen molar-refractivity contribution in [2.24, 2.45) is 11.0 Å². The van der Waals surface area contributed by atoms with Gasteiger partial charge in [-0.25, -0.2) is 4.98 Å². The van der Waals surface area contributed by atoms with E-state index in [0.29, 0.717) is 18.3 Å². The molecule has 0 aliphatic heterocycles. The Morgan fingerprint density at radius 2 is 2.04 bits per heavy atom. The number of hydrazone groups is 1. The van der Waals surface area contributed by atoms with Crippen LogP contribution in [0.1, 0.15) is 25.8 Å². The zero-order valence-corrected chi connectivity index (χ0v) is 16.0. The molecule has 0 unspecified atom stereocenters. The summed E-state index contributed by atoms with van der Waals surface area (Å²) in [4.78, 5) is 4.49. The van der Waals surface area contributed by atoms with Crippen molar-refractivity contribution in [1.29, 1.82) is 0 Å². The largest absolute Gasteiger partial charge is 0.493 e. The van der Waals surface area contributed by atoms with Crippen LogP contribution in [0.5, 0.6) is 11.5 Å². The maximum atomic E-state index is 5.81. The molecular weight excluding hydrogens is 346 g/mol. The second-order valence-corrected chi connectivity index (χ2v) is 7.33. The number of ether oxygens (including phenoxy) is 2. The van der Waals surface area contributed by atoms with E-state index in [4.69, 9.17) is 9.47 Å². The van der Waals surface area contributed by atoms with E-state index in [1.165, 1.54) is 0 Å². The predicted molar refractivity (Wildman–Crippen MR) is 109 cm³/mol. The molecule has 2 aromatic carbocycles. The molecule has 0 fully saturated rings. The van der Waals surface area contributed by atoms with Crippen molar-refractivity contribution in [3.63, 3.8) is 0 Å². The van der Waals surface area contributed by atoms with Crippen LogP contribution in [0.25, 0.3) is 10.2 Å². The van der Waals surface area contributed by atoms with Crippen molar-refractivity contribution in [2.45, 2.75) is 20.3 Å². The average Bonchev–Trinajstić information content (AvgIpc) is 3.05. The second-order valence-electron chi connectivity index (χ2n) is 6.30. The van der Waals surface area contributed by atoms with Gasteiger partial charge in [0.25, 0.3) is 0 Å². The number of nitrogens with zero attached hydrogens (tertiary/aromatic N) is 2. The van der Waals surface area contributed by atoms with Crippen LogP contribution in [0, 0.1) is 5.92 Å². The van der Waals surface area contributed by atoms with Gasteiger partial charge in [0.2, 0.25) is 5.13 Å². The van der Waals surface area contributed by atoms with Gasteiger partial charge in [-0.3, -0.25) is 5.43 Å². The summed E-state index contributed by atoms with van der Waals surface area (Å²) in [6, 6.07) is 13.8. The minimum atomic E-state index is 0.612. The number of nitrogens with one attached hydrogen (secondary N) is 1. The molecule has 1 heterocycles. The molecule has 0 amide bonds. The smallest absolute Gasteiger partial charge is 0.204 e. The van der Waals surface area contributed by atoms with Gasteiger partial charge in [-0.05, 0) is 48.2 Å². The highest BCUT2D eigenvalue weighted by atomic mass is 32.1. The zero-order chi connectivity index (χ0) is 18.4. The van der Waals surface area contributed by atoms with Gasteiger partial charge in [-0.15, -0.1) is 0 Å². The summed E-state index contributed by atoms with van der Waals surface area (Å²) < 4.78 is 12.4. The Bertz CT molecular complexity index is 857. The van der Waals surface area contributed by atoms with Crippen LogP contribution in [0.4, 0.5) is 5.13 Å². The average molecular weight is 369 g/mol. The molecule has 3 aromatic rings. The first kappa shape index (κ1) is 18.2. The number of hydrogen-bond acceptors (Lipinski definition) is 6. The summed E-state index contributed by atoms with van der Waals surface area (Å²) in [7, 11) is 1.64. The molecule has 0 saturated carbocycles. The summed E-state index contributed by atoms with van der Waals surface area (Å²) in [5.41, 5.74) is 4.88. The number of fused-ring (bicyclic) bond motifs is 1. The molecule has 0 saturated heterocycles. The van der Waals surface area contributed by atoms with E-state index >= 15 is 0 Å². The quantitative estimate of drug-likeness (QED) is 0.439. The van der Waals surface area contributed by atoms with E-state index < -0.39 is 0 Å². The number of aromatic nitrogens is 1. The molecule has 1 aromatic heterocycles. The third kappa shape index (κ3) is 4.73. The summed E-state index contributed by atoms with van der Waals surface area (Å²) in [6.45, 7) is 5.04. The Morgan fingerprint density at radius 1 is 1.19 bits per heavy atom. The first-order chi connectivity index (χ1) is 12.7. The Hall–Kier alpha value is -2.60. The molecule has 0 spiro atoms. The molecule has 0 aliphatic rings. The van der Waals surface area contributed by atoms with Crippen molar-refractivity contribution in [3.05, 3.63) is 48.0 Å². The molecule has 136 valence electrons. The number of thiazole rings is 1. The first-order valence-corrected chi connectivity index (χ1v) is 9.43. The zero-order valence-electron chi connectivity index (χ0n) is 15.2. The topological polar surface area (TPSA) is 55.7 Å². The maximum Gasteiger partial charge on any atom is 0.204 e. The normalized spacial score (nSPS) is 11.4. The third-order valence-corrected chi connectivity index (χ3v) is 4.75. The Kier molecular flexibility index (Phi) is 6.07. The van der Waals surface area contributed by atoms with Gasteiger partial charge < -0.3 is 9.47 Å². The number of para-hydroxylation sites is 1. The van der Waals surface area contributed by atoms with Gasteiger partial charge in [0.1, 0.15) is 0 Å². The molecule has 26 heavy (non-hydrogen) atoms. The lowest BCUT2D eigenvalue weighted by molar-refractivity contribution is 0.273. The van der Waals surface area contributed by atoms with Gasteiger partial charge in [0, 0.05) is 0 Å². The van der Waals surface area contributed by atoms with Crippen LogP contribution in [0.15, 0.2) is 47.6 Å². The number of methoxy groups -OCH3 is 1. The Labute approximate surface area is 157 Å². The van der Waals surface area contributed by atoms with E-state index in [1.807, 2.05) is 42.5 Å². The van der Waals surface area contributed by atoms with Crippen LogP contribution >= 0.6 is 11.3 Å².